The zero-order valence-electron chi connectivity index (χ0n) is 19.9. The van der Waals surface area contributed by atoms with Crippen molar-refractivity contribution in [2.24, 2.45) is 5.41 Å². The molecule has 1 N–H and O–H groups in total. The molecular weight excluding hydrogens is 494 g/mol. The van der Waals surface area contributed by atoms with Gasteiger partial charge in [0, 0.05) is 28.9 Å². The van der Waals surface area contributed by atoms with Crippen molar-refractivity contribution < 1.29 is 31.9 Å². The number of pyridine rings is 1. The smallest absolute Gasteiger partial charge is 0.445 e. The van der Waals surface area contributed by atoms with E-state index in [1.807, 2.05) is 0 Å². The summed E-state index contributed by atoms with van der Waals surface area (Å²) in [6.45, 7) is 4.39. The molecule has 1 unspecified atom stereocenters. The standard InChI is InChI=1S/C25H21F4N5O3/c1-24(2,3)21(37-23(36)25(27,28)29)22(35)32-17-13-15(10-12-30-17)20-19(14-6-8-16(26)9-7-14)33-18-5-4-11-31-34(18)20/h4-13,21H,1-3H3,(H,30,32,35). The van der Waals surface area contributed by atoms with Crippen LogP contribution in [0.4, 0.5) is 23.4 Å². The Morgan fingerprint density at radius 1 is 1.00 bits per heavy atom. The number of aromatic nitrogens is 4. The number of imidazole rings is 1. The summed E-state index contributed by atoms with van der Waals surface area (Å²) in [7, 11) is 0. The highest BCUT2D eigenvalue weighted by molar-refractivity contribution is 5.96. The van der Waals surface area contributed by atoms with Crippen LogP contribution in [-0.2, 0) is 14.3 Å². The first-order chi connectivity index (χ1) is 17.3. The van der Waals surface area contributed by atoms with Gasteiger partial charge in [-0.1, -0.05) is 20.8 Å². The molecule has 0 saturated heterocycles. The van der Waals surface area contributed by atoms with E-state index in [0.29, 0.717) is 28.2 Å². The summed E-state index contributed by atoms with van der Waals surface area (Å²) in [5.74, 6) is -3.87. The third-order valence-electron chi connectivity index (χ3n) is 5.28. The highest BCUT2D eigenvalue weighted by atomic mass is 19.4. The fourth-order valence-electron chi connectivity index (χ4n) is 3.59. The van der Waals surface area contributed by atoms with Gasteiger partial charge in [0.2, 0.25) is 0 Å². The Morgan fingerprint density at radius 2 is 1.70 bits per heavy atom. The van der Waals surface area contributed by atoms with Crippen LogP contribution in [-0.4, -0.2) is 43.7 Å². The number of halogens is 4. The number of alkyl halides is 3. The molecule has 0 saturated carbocycles. The van der Waals surface area contributed by atoms with Gasteiger partial charge in [0.15, 0.2) is 11.8 Å². The highest BCUT2D eigenvalue weighted by Gasteiger charge is 2.46. The first-order valence-corrected chi connectivity index (χ1v) is 11.0. The second kappa shape index (κ2) is 9.60. The summed E-state index contributed by atoms with van der Waals surface area (Å²) in [6.07, 6.45) is -4.07. The molecule has 37 heavy (non-hydrogen) atoms. The summed E-state index contributed by atoms with van der Waals surface area (Å²) >= 11 is 0. The molecule has 0 spiro atoms. The number of esters is 1. The van der Waals surface area contributed by atoms with Crippen molar-refractivity contribution in [3.63, 3.8) is 0 Å². The van der Waals surface area contributed by atoms with Gasteiger partial charge in [0.05, 0.1) is 5.69 Å². The highest BCUT2D eigenvalue weighted by Crippen LogP contribution is 2.33. The number of fused-ring (bicyclic) bond motifs is 1. The molecule has 0 bridgehead atoms. The zero-order chi connectivity index (χ0) is 27.0. The maximum Gasteiger partial charge on any atom is 0.490 e. The number of amides is 1. The largest absolute Gasteiger partial charge is 0.490 e. The Kier molecular flexibility index (Phi) is 6.68. The lowest BCUT2D eigenvalue weighted by atomic mass is 9.88. The second-order valence-corrected chi connectivity index (χ2v) is 9.18. The number of carbonyl (C=O) groups is 2. The number of nitrogens with zero attached hydrogens (tertiary/aromatic N) is 4. The van der Waals surface area contributed by atoms with Crippen LogP contribution >= 0.6 is 0 Å². The summed E-state index contributed by atoms with van der Waals surface area (Å²) in [5, 5.41) is 6.76. The van der Waals surface area contributed by atoms with Gasteiger partial charge < -0.3 is 10.1 Å². The number of benzene rings is 1. The number of anilines is 1. The van der Waals surface area contributed by atoms with Gasteiger partial charge >= 0.3 is 12.1 Å². The molecular formula is C25H21F4N5O3. The third kappa shape index (κ3) is 5.57. The van der Waals surface area contributed by atoms with E-state index in [1.165, 1.54) is 45.2 Å². The molecule has 192 valence electrons. The van der Waals surface area contributed by atoms with E-state index in [2.05, 4.69) is 25.1 Å². The van der Waals surface area contributed by atoms with Gasteiger partial charge in [-0.2, -0.15) is 18.3 Å². The molecule has 0 radical (unpaired) electrons. The lowest BCUT2D eigenvalue weighted by molar-refractivity contribution is -0.209. The van der Waals surface area contributed by atoms with Crippen molar-refractivity contribution in [3.05, 3.63) is 66.7 Å². The second-order valence-electron chi connectivity index (χ2n) is 9.18. The van der Waals surface area contributed by atoms with Crippen molar-refractivity contribution in [2.45, 2.75) is 33.1 Å². The van der Waals surface area contributed by atoms with Crippen LogP contribution in [0.25, 0.3) is 28.2 Å². The molecule has 3 heterocycles. The summed E-state index contributed by atoms with van der Waals surface area (Å²) < 4.78 is 57.9. The fourth-order valence-corrected chi connectivity index (χ4v) is 3.59. The minimum atomic E-state index is -5.26. The van der Waals surface area contributed by atoms with E-state index in [-0.39, 0.29) is 5.82 Å². The molecule has 0 aliphatic rings. The first kappa shape index (κ1) is 25.7. The Balaban J connectivity index is 1.71. The number of carbonyl (C=O) groups excluding carboxylic acids is 2. The molecule has 4 rings (SSSR count). The predicted molar refractivity (Wildman–Crippen MR) is 126 cm³/mol. The van der Waals surface area contributed by atoms with Crippen LogP contribution in [0, 0.1) is 11.2 Å². The van der Waals surface area contributed by atoms with Crippen LogP contribution in [0.15, 0.2) is 60.9 Å². The van der Waals surface area contributed by atoms with Crippen molar-refractivity contribution in [1.29, 1.82) is 0 Å². The molecule has 12 heteroatoms. The minimum Gasteiger partial charge on any atom is -0.445 e. The number of nitrogens with one attached hydrogen (secondary N) is 1. The minimum absolute atomic E-state index is 0.00394. The fraction of sp³-hybridized carbons (Fsp3) is 0.240. The van der Waals surface area contributed by atoms with Crippen molar-refractivity contribution in [1.82, 2.24) is 19.6 Å². The van der Waals surface area contributed by atoms with Crippen LogP contribution in [0.2, 0.25) is 0 Å². The van der Waals surface area contributed by atoms with Crippen molar-refractivity contribution >= 4 is 23.3 Å². The average Bonchev–Trinajstić information content (AvgIpc) is 3.21. The van der Waals surface area contributed by atoms with E-state index < -0.39 is 35.4 Å². The van der Waals surface area contributed by atoms with Gasteiger partial charge in [-0.3, -0.25) is 4.79 Å². The maximum absolute atomic E-state index is 13.5. The lowest BCUT2D eigenvalue weighted by Crippen LogP contribution is -2.44. The van der Waals surface area contributed by atoms with Crippen LogP contribution < -0.4 is 5.32 Å². The lowest BCUT2D eigenvalue weighted by Gasteiger charge is -2.29. The number of hydrogen-bond acceptors (Lipinski definition) is 6. The Labute approximate surface area is 208 Å². The SMILES string of the molecule is CC(C)(C)C(OC(=O)C(F)(F)F)C(=O)Nc1cc(-c2c(-c3ccc(F)cc3)nc3cccnn23)ccn1. The van der Waals surface area contributed by atoms with E-state index >= 15 is 0 Å². The zero-order valence-corrected chi connectivity index (χ0v) is 19.9. The molecule has 4 aromatic rings. The van der Waals surface area contributed by atoms with E-state index in [0.717, 1.165) is 0 Å². The average molecular weight is 515 g/mol. The Hall–Kier alpha value is -4.35. The van der Waals surface area contributed by atoms with Crippen LogP contribution in [0.1, 0.15) is 20.8 Å². The van der Waals surface area contributed by atoms with Gasteiger partial charge in [0.25, 0.3) is 5.91 Å². The third-order valence-corrected chi connectivity index (χ3v) is 5.28. The number of rotatable bonds is 5. The van der Waals surface area contributed by atoms with Crippen LogP contribution in [0.5, 0.6) is 0 Å². The summed E-state index contributed by atoms with van der Waals surface area (Å²) in [4.78, 5) is 33.0. The quantitative estimate of drug-likeness (QED) is 0.295. The molecule has 1 amide bonds. The van der Waals surface area contributed by atoms with Crippen LogP contribution in [0.3, 0.4) is 0 Å². The van der Waals surface area contributed by atoms with Crippen molar-refractivity contribution in [2.75, 3.05) is 5.32 Å². The number of hydrogen-bond donors (Lipinski definition) is 1. The monoisotopic (exact) mass is 515 g/mol. The molecule has 0 aliphatic heterocycles. The van der Waals surface area contributed by atoms with E-state index in [9.17, 15) is 27.2 Å². The van der Waals surface area contributed by atoms with Gasteiger partial charge in [-0.25, -0.2) is 23.7 Å². The molecule has 3 aromatic heterocycles. The van der Waals surface area contributed by atoms with E-state index in [1.54, 1.807) is 41.0 Å². The molecule has 0 aliphatic carbocycles. The molecule has 1 aromatic carbocycles. The maximum atomic E-state index is 13.5. The first-order valence-electron chi connectivity index (χ1n) is 11.0. The molecule has 8 nitrogen and oxygen atoms in total. The topological polar surface area (TPSA) is 98.5 Å². The van der Waals surface area contributed by atoms with Gasteiger partial charge in [-0.15, -0.1) is 0 Å². The van der Waals surface area contributed by atoms with E-state index in [4.69, 9.17) is 0 Å². The summed E-state index contributed by atoms with van der Waals surface area (Å²) in [6, 6.07) is 12.3. The van der Waals surface area contributed by atoms with Gasteiger partial charge in [-0.05, 0) is 48.5 Å². The summed E-state index contributed by atoms with van der Waals surface area (Å²) in [5.41, 5.74) is 1.46. The molecule has 0 fully saturated rings. The molecule has 1 atom stereocenters. The van der Waals surface area contributed by atoms with Gasteiger partial charge in [0.1, 0.15) is 17.3 Å². The van der Waals surface area contributed by atoms with Crippen molar-refractivity contribution in [3.8, 4) is 22.5 Å². The predicted octanol–water partition coefficient (Wildman–Crippen LogP) is 5.06. The Bertz CT molecular complexity index is 1460. The number of ether oxygens (including phenoxy) is 1. The Morgan fingerprint density at radius 3 is 2.35 bits per heavy atom. The normalized spacial score (nSPS) is 12.8.